The van der Waals surface area contributed by atoms with Gasteiger partial charge < -0.3 is 15.3 Å². The van der Waals surface area contributed by atoms with Crippen LogP contribution in [0, 0.1) is 0 Å². The number of amides is 2. The van der Waals surface area contributed by atoms with Gasteiger partial charge in [0.05, 0.1) is 22.7 Å². The zero-order valence-electron chi connectivity index (χ0n) is 15.7. The van der Waals surface area contributed by atoms with Crippen molar-refractivity contribution in [2.24, 2.45) is 0 Å². The number of phenolic OH excluding ortho intramolecular Hbond substituents is 1. The molecule has 166 valence electrons. The van der Waals surface area contributed by atoms with Gasteiger partial charge in [0.1, 0.15) is 5.75 Å². The third kappa shape index (κ3) is 5.09. The number of nitrogens with one attached hydrogen (secondary N) is 1. The van der Waals surface area contributed by atoms with Crippen LogP contribution in [0.2, 0.25) is 0 Å². The molecule has 2 aromatic rings. The highest BCUT2D eigenvalue weighted by Crippen LogP contribution is 2.34. The van der Waals surface area contributed by atoms with Crippen molar-refractivity contribution in [3.8, 4) is 5.75 Å². The van der Waals surface area contributed by atoms with Crippen LogP contribution in [0.25, 0.3) is 0 Å². The molecule has 1 atom stereocenters. The summed E-state index contributed by atoms with van der Waals surface area (Å²) < 4.78 is 78.0. The van der Waals surface area contributed by atoms with Gasteiger partial charge in [-0.1, -0.05) is 18.2 Å². The van der Waals surface area contributed by atoms with Gasteiger partial charge in [0, 0.05) is 19.5 Å². The second-order valence-electron chi connectivity index (χ2n) is 7.03. The van der Waals surface area contributed by atoms with Gasteiger partial charge in [-0.15, -0.1) is 0 Å². The van der Waals surface area contributed by atoms with Crippen molar-refractivity contribution in [3.05, 3.63) is 64.7 Å². The number of alkyl halides is 6. The van der Waals surface area contributed by atoms with E-state index >= 15 is 0 Å². The Balaban J connectivity index is 1.72. The molecule has 0 bridgehead atoms. The molecule has 0 radical (unpaired) electrons. The Hall–Kier alpha value is -3.24. The highest BCUT2D eigenvalue weighted by Gasteiger charge is 2.36. The largest absolute Gasteiger partial charge is 0.507 e. The topological polar surface area (TPSA) is 69.6 Å². The predicted octanol–water partition coefficient (Wildman–Crippen LogP) is 3.96. The first kappa shape index (κ1) is 22.4. The smallest absolute Gasteiger partial charge is 0.416 e. The van der Waals surface area contributed by atoms with Gasteiger partial charge in [0.2, 0.25) is 5.91 Å². The molecule has 5 nitrogen and oxygen atoms in total. The maximum absolute atomic E-state index is 13.1. The van der Waals surface area contributed by atoms with Gasteiger partial charge in [0.25, 0.3) is 5.91 Å². The average molecular weight is 446 g/mol. The normalized spacial score (nSPS) is 17.2. The number of phenols is 1. The lowest BCUT2D eigenvalue weighted by Gasteiger charge is -2.20. The highest BCUT2D eigenvalue weighted by atomic mass is 19.4. The van der Waals surface area contributed by atoms with Crippen molar-refractivity contribution >= 4 is 11.8 Å². The molecule has 1 aliphatic rings. The number of aromatic hydroxyl groups is 1. The van der Waals surface area contributed by atoms with E-state index < -0.39 is 52.6 Å². The predicted molar refractivity (Wildman–Crippen MR) is 95.8 cm³/mol. The Bertz CT molecular complexity index is 1000. The molecule has 2 amide bonds. The lowest BCUT2D eigenvalue weighted by Crippen LogP contribution is -2.37. The minimum absolute atomic E-state index is 0.120. The molecule has 0 aliphatic carbocycles. The number of nitrogens with zero attached hydrogens (tertiary/aromatic N) is 1. The standard InChI is InChI=1S/C20H16F6N2O3/c21-19(22,23)12-5-6-16(29)14(7-12)18(31)27-13-8-17(30)28(10-13)9-11-3-1-2-4-15(11)20(24,25)26/h1-7,13,29H,8-10H2,(H,27,31). The summed E-state index contributed by atoms with van der Waals surface area (Å²) in [7, 11) is 0. The Kier molecular flexibility index (Phi) is 5.88. The zero-order chi connectivity index (χ0) is 23.0. The van der Waals surface area contributed by atoms with Crippen LogP contribution in [0.1, 0.15) is 33.5 Å². The summed E-state index contributed by atoms with van der Waals surface area (Å²) in [6.45, 7) is -0.466. The maximum Gasteiger partial charge on any atom is 0.416 e. The molecule has 0 spiro atoms. The third-order valence-electron chi connectivity index (χ3n) is 4.80. The fourth-order valence-electron chi connectivity index (χ4n) is 3.32. The molecule has 0 saturated carbocycles. The van der Waals surface area contributed by atoms with Gasteiger partial charge in [-0.3, -0.25) is 9.59 Å². The average Bonchev–Trinajstić information content (AvgIpc) is 2.99. The van der Waals surface area contributed by atoms with E-state index in [0.29, 0.717) is 12.1 Å². The molecule has 11 heteroatoms. The molecule has 1 aliphatic heterocycles. The van der Waals surface area contributed by atoms with Crippen LogP contribution in [0.15, 0.2) is 42.5 Å². The molecule has 1 heterocycles. The SMILES string of the molecule is O=C(NC1CC(=O)N(Cc2ccccc2C(F)(F)F)C1)c1cc(C(F)(F)F)ccc1O. The second-order valence-corrected chi connectivity index (χ2v) is 7.03. The summed E-state index contributed by atoms with van der Waals surface area (Å²) in [6.07, 6.45) is -9.57. The molecule has 1 fully saturated rings. The minimum atomic E-state index is -4.73. The molecule has 1 saturated heterocycles. The van der Waals surface area contributed by atoms with Gasteiger partial charge in [-0.2, -0.15) is 26.3 Å². The van der Waals surface area contributed by atoms with E-state index in [1.54, 1.807) is 0 Å². The van der Waals surface area contributed by atoms with E-state index in [9.17, 15) is 41.0 Å². The van der Waals surface area contributed by atoms with Crippen molar-refractivity contribution in [3.63, 3.8) is 0 Å². The van der Waals surface area contributed by atoms with Crippen molar-refractivity contribution in [2.75, 3.05) is 6.54 Å². The van der Waals surface area contributed by atoms with E-state index in [4.69, 9.17) is 0 Å². The van der Waals surface area contributed by atoms with Crippen LogP contribution in [0.5, 0.6) is 5.75 Å². The monoisotopic (exact) mass is 446 g/mol. The van der Waals surface area contributed by atoms with E-state index in [1.807, 2.05) is 0 Å². The quantitative estimate of drug-likeness (QED) is 0.699. The number of halogens is 6. The maximum atomic E-state index is 13.1. The van der Waals surface area contributed by atoms with Crippen molar-refractivity contribution in [2.45, 2.75) is 31.4 Å². The number of hydrogen-bond donors (Lipinski definition) is 2. The Morgan fingerprint density at radius 1 is 1.06 bits per heavy atom. The summed E-state index contributed by atoms with van der Waals surface area (Å²) in [5, 5.41) is 12.1. The fraction of sp³-hybridized carbons (Fsp3) is 0.300. The molecule has 2 N–H and O–H groups in total. The molecule has 0 aromatic heterocycles. The van der Waals surface area contributed by atoms with E-state index in [-0.39, 0.29) is 25.1 Å². The summed E-state index contributed by atoms with van der Waals surface area (Å²) in [5.74, 6) is -2.22. The van der Waals surface area contributed by atoms with Gasteiger partial charge in [0.15, 0.2) is 0 Å². The van der Waals surface area contributed by atoms with Gasteiger partial charge >= 0.3 is 12.4 Å². The van der Waals surface area contributed by atoms with Crippen molar-refractivity contribution in [1.82, 2.24) is 10.2 Å². The van der Waals surface area contributed by atoms with Crippen LogP contribution in [-0.2, 0) is 23.7 Å². The first-order valence-electron chi connectivity index (χ1n) is 9.00. The number of hydrogen-bond acceptors (Lipinski definition) is 3. The molecule has 3 rings (SSSR count). The van der Waals surface area contributed by atoms with E-state index in [0.717, 1.165) is 17.0 Å². The molecular formula is C20H16F6N2O3. The van der Waals surface area contributed by atoms with Gasteiger partial charge in [-0.25, -0.2) is 0 Å². The highest BCUT2D eigenvalue weighted by molar-refractivity contribution is 5.97. The summed E-state index contributed by atoms with van der Waals surface area (Å²) in [4.78, 5) is 25.7. The first-order valence-corrected chi connectivity index (χ1v) is 9.00. The number of rotatable bonds is 4. The Morgan fingerprint density at radius 3 is 2.39 bits per heavy atom. The third-order valence-corrected chi connectivity index (χ3v) is 4.80. The van der Waals surface area contributed by atoms with Crippen molar-refractivity contribution in [1.29, 1.82) is 0 Å². The second kappa shape index (κ2) is 8.12. The van der Waals surface area contributed by atoms with Crippen LogP contribution in [-0.4, -0.2) is 34.4 Å². The molecule has 1 unspecified atom stereocenters. The summed E-state index contributed by atoms with van der Waals surface area (Å²) >= 11 is 0. The first-order chi connectivity index (χ1) is 14.4. The van der Waals surface area contributed by atoms with Crippen LogP contribution < -0.4 is 5.32 Å². The fourth-order valence-corrected chi connectivity index (χ4v) is 3.32. The van der Waals surface area contributed by atoms with Crippen LogP contribution in [0.4, 0.5) is 26.3 Å². The van der Waals surface area contributed by atoms with E-state index in [2.05, 4.69) is 5.32 Å². The Morgan fingerprint density at radius 2 is 1.74 bits per heavy atom. The number of carbonyl (C=O) groups excluding carboxylic acids is 2. The summed E-state index contributed by atoms with van der Waals surface area (Å²) in [5.41, 5.74) is -2.76. The summed E-state index contributed by atoms with van der Waals surface area (Å²) in [6, 6.07) is 5.76. The van der Waals surface area contributed by atoms with Gasteiger partial charge in [-0.05, 0) is 29.8 Å². The Labute approximate surface area is 172 Å². The van der Waals surface area contributed by atoms with Crippen LogP contribution in [0.3, 0.4) is 0 Å². The minimum Gasteiger partial charge on any atom is -0.507 e. The number of carbonyl (C=O) groups is 2. The van der Waals surface area contributed by atoms with E-state index in [1.165, 1.54) is 18.2 Å². The lowest BCUT2D eigenvalue weighted by molar-refractivity contribution is -0.139. The molecule has 2 aromatic carbocycles. The zero-order valence-corrected chi connectivity index (χ0v) is 15.7. The molecular weight excluding hydrogens is 430 g/mol. The molecule has 31 heavy (non-hydrogen) atoms. The van der Waals surface area contributed by atoms with Crippen LogP contribution >= 0.6 is 0 Å². The number of benzene rings is 2. The number of likely N-dealkylation sites (tertiary alicyclic amines) is 1. The lowest BCUT2D eigenvalue weighted by atomic mass is 10.1. The van der Waals surface area contributed by atoms with Crippen molar-refractivity contribution < 1.29 is 41.0 Å².